The third kappa shape index (κ3) is 5.23. The summed E-state index contributed by atoms with van der Waals surface area (Å²) in [6.07, 6.45) is 4.03. The molecule has 1 aliphatic rings. The predicted octanol–water partition coefficient (Wildman–Crippen LogP) is 3.84. The molecule has 0 aliphatic carbocycles. The van der Waals surface area contributed by atoms with Gasteiger partial charge >= 0.3 is 6.01 Å². The standard InChI is InChI=1S/C23H25FN4O2/c24-19-11-7-10-18(14-19)16-21(29)25-20(15-17-8-3-1-4-9-17)22-26-27-23(30-22)28-12-5-2-6-13-28/h1,3-4,7-11,14,20H,2,5-6,12-13,15-16H2,(H,25,29)/t20-/m0/s1. The lowest BCUT2D eigenvalue weighted by Gasteiger charge is -2.24. The highest BCUT2D eigenvalue weighted by atomic mass is 19.1. The monoisotopic (exact) mass is 408 g/mol. The van der Waals surface area contributed by atoms with E-state index >= 15 is 0 Å². The Morgan fingerprint density at radius 2 is 1.80 bits per heavy atom. The van der Waals surface area contributed by atoms with Gasteiger partial charge in [-0.3, -0.25) is 4.79 Å². The number of rotatable bonds is 7. The number of benzene rings is 2. The average molecular weight is 408 g/mol. The van der Waals surface area contributed by atoms with Gasteiger partial charge in [-0.25, -0.2) is 4.39 Å². The molecule has 1 aromatic heterocycles. The molecule has 1 atom stereocenters. The largest absolute Gasteiger partial charge is 0.406 e. The van der Waals surface area contributed by atoms with Gasteiger partial charge in [-0.2, -0.15) is 0 Å². The molecule has 1 saturated heterocycles. The molecule has 30 heavy (non-hydrogen) atoms. The molecule has 2 heterocycles. The van der Waals surface area contributed by atoms with E-state index in [2.05, 4.69) is 20.4 Å². The highest BCUT2D eigenvalue weighted by molar-refractivity contribution is 5.78. The van der Waals surface area contributed by atoms with Crippen LogP contribution in [0.25, 0.3) is 0 Å². The van der Waals surface area contributed by atoms with E-state index < -0.39 is 6.04 Å². The summed E-state index contributed by atoms with van der Waals surface area (Å²) in [6, 6.07) is 15.9. The van der Waals surface area contributed by atoms with E-state index in [-0.39, 0.29) is 18.1 Å². The van der Waals surface area contributed by atoms with Crippen molar-refractivity contribution in [2.75, 3.05) is 18.0 Å². The molecule has 3 aromatic rings. The topological polar surface area (TPSA) is 71.3 Å². The minimum atomic E-state index is -0.459. The summed E-state index contributed by atoms with van der Waals surface area (Å²) in [5.41, 5.74) is 1.66. The number of hydrogen-bond acceptors (Lipinski definition) is 5. The van der Waals surface area contributed by atoms with Gasteiger partial charge in [0.05, 0.1) is 6.42 Å². The van der Waals surface area contributed by atoms with Crippen molar-refractivity contribution in [3.05, 3.63) is 77.4 Å². The number of anilines is 1. The highest BCUT2D eigenvalue weighted by Gasteiger charge is 2.24. The first-order valence-corrected chi connectivity index (χ1v) is 10.3. The first-order valence-electron chi connectivity index (χ1n) is 10.3. The van der Waals surface area contributed by atoms with Crippen molar-refractivity contribution in [1.29, 1.82) is 0 Å². The number of amides is 1. The van der Waals surface area contributed by atoms with Crippen molar-refractivity contribution in [1.82, 2.24) is 15.5 Å². The number of carbonyl (C=O) groups is 1. The molecule has 1 fully saturated rings. The van der Waals surface area contributed by atoms with Crippen LogP contribution in [0.4, 0.5) is 10.4 Å². The third-order valence-electron chi connectivity index (χ3n) is 5.23. The van der Waals surface area contributed by atoms with Gasteiger partial charge in [-0.15, -0.1) is 5.10 Å². The van der Waals surface area contributed by atoms with E-state index in [1.165, 1.54) is 18.6 Å². The fraction of sp³-hybridized carbons (Fsp3) is 0.348. The van der Waals surface area contributed by atoms with Crippen LogP contribution in [0.1, 0.15) is 42.3 Å². The van der Waals surface area contributed by atoms with Crippen LogP contribution >= 0.6 is 0 Å². The predicted molar refractivity (Wildman–Crippen MR) is 111 cm³/mol. The fourth-order valence-electron chi connectivity index (χ4n) is 3.71. The van der Waals surface area contributed by atoms with Crippen LogP contribution < -0.4 is 10.2 Å². The fourth-order valence-corrected chi connectivity index (χ4v) is 3.71. The van der Waals surface area contributed by atoms with Gasteiger partial charge in [0.25, 0.3) is 0 Å². The van der Waals surface area contributed by atoms with Gasteiger partial charge in [0.2, 0.25) is 11.8 Å². The second-order valence-corrected chi connectivity index (χ2v) is 7.59. The van der Waals surface area contributed by atoms with Crippen LogP contribution in [0.5, 0.6) is 0 Å². The summed E-state index contributed by atoms with van der Waals surface area (Å²) in [4.78, 5) is 14.8. The van der Waals surface area contributed by atoms with E-state index in [1.807, 2.05) is 30.3 Å². The molecule has 7 heteroatoms. The average Bonchev–Trinajstić information content (AvgIpc) is 3.25. The number of halogens is 1. The lowest BCUT2D eigenvalue weighted by molar-refractivity contribution is -0.121. The first kappa shape index (κ1) is 20.1. The Balaban J connectivity index is 1.50. The van der Waals surface area contributed by atoms with E-state index in [1.54, 1.807) is 12.1 Å². The Labute approximate surface area is 175 Å². The number of hydrogen-bond donors (Lipinski definition) is 1. The lowest BCUT2D eigenvalue weighted by Crippen LogP contribution is -2.31. The van der Waals surface area contributed by atoms with E-state index in [0.29, 0.717) is 23.9 Å². The maximum Gasteiger partial charge on any atom is 0.318 e. The maximum atomic E-state index is 13.4. The minimum absolute atomic E-state index is 0.0795. The Kier molecular flexibility index (Phi) is 6.37. The Morgan fingerprint density at radius 1 is 1.03 bits per heavy atom. The summed E-state index contributed by atoms with van der Waals surface area (Å²) in [5.74, 6) is -0.199. The van der Waals surface area contributed by atoms with Gasteiger partial charge in [-0.1, -0.05) is 47.6 Å². The van der Waals surface area contributed by atoms with Crippen LogP contribution in [-0.2, 0) is 17.6 Å². The molecule has 1 aliphatic heterocycles. The number of piperidine rings is 1. The van der Waals surface area contributed by atoms with E-state index in [9.17, 15) is 9.18 Å². The third-order valence-corrected chi connectivity index (χ3v) is 5.23. The second kappa shape index (κ2) is 9.52. The van der Waals surface area contributed by atoms with Crippen LogP contribution in [0, 0.1) is 5.82 Å². The number of aromatic nitrogens is 2. The molecule has 0 spiro atoms. The summed E-state index contributed by atoms with van der Waals surface area (Å²) in [5, 5.41) is 11.4. The molecule has 156 valence electrons. The van der Waals surface area contributed by atoms with Crippen LogP contribution in [0.3, 0.4) is 0 Å². The van der Waals surface area contributed by atoms with Crippen molar-refractivity contribution in [2.24, 2.45) is 0 Å². The summed E-state index contributed by atoms with van der Waals surface area (Å²) < 4.78 is 19.4. The zero-order valence-electron chi connectivity index (χ0n) is 16.8. The zero-order chi connectivity index (χ0) is 20.8. The Morgan fingerprint density at radius 3 is 2.57 bits per heavy atom. The lowest BCUT2D eigenvalue weighted by atomic mass is 10.1. The van der Waals surface area contributed by atoms with Gasteiger partial charge in [0, 0.05) is 19.5 Å². The molecule has 0 bridgehead atoms. The smallest absolute Gasteiger partial charge is 0.318 e. The molecule has 0 radical (unpaired) electrons. The summed E-state index contributed by atoms with van der Waals surface area (Å²) in [6.45, 7) is 1.80. The second-order valence-electron chi connectivity index (χ2n) is 7.59. The molecular formula is C23H25FN4O2. The van der Waals surface area contributed by atoms with Crippen molar-refractivity contribution in [2.45, 2.75) is 38.1 Å². The van der Waals surface area contributed by atoms with Crippen LogP contribution in [0.2, 0.25) is 0 Å². The molecule has 6 nitrogen and oxygen atoms in total. The van der Waals surface area contributed by atoms with Crippen molar-refractivity contribution < 1.29 is 13.6 Å². The Hall–Kier alpha value is -3.22. The molecule has 0 saturated carbocycles. The maximum absolute atomic E-state index is 13.4. The van der Waals surface area contributed by atoms with Gasteiger partial charge in [0.15, 0.2) is 0 Å². The molecular weight excluding hydrogens is 383 g/mol. The van der Waals surface area contributed by atoms with Gasteiger partial charge < -0.3 is 14.6 Å². The highest BCUT2D eigenvalue weighted by Crippen LogP contribution is 2.23. The minimum Gasteiger partial charge on any atom is -0.406 e. The summed E-state index contributed by atoms with van der Waals surface area (Å²) in [7, 11) is 0. The SMILES string of the molecule is O=C(Cc1cccc(F)c1)N[C@@H](Cc1ccccc1)c1nnc(N2CCCCC2)o1. The van der Waals surface area contributed by atoms with Crippen molar-refractivity contribution >= 4 is 11.9 Å². The molecule has 4 rings (SSSR count). The quantitative estimate of drug-likeness (QED) is 0.643. The van der Waals surface area contributed by atoms with E-state index in [0.717, 1.165) is 31.5 Å². The van der Waals surface area contributed by atoms with Gasteiger partial charge in [0.1, 0.15) is 11.9 Å². The number of carbonyl (C=O) groups excluding carboxylic acids is 1. The van der Waals surface area contributed by atoms with Crippen molar-refractivity contribution in [3.8, 4) is 0 Å². The van der Waals surface area contributed by atoms with Gasteiger partial charge in [-0.05, 0) is 42.5 Å². The summed E-state index contributed by atoms with van der Waals surface area (Å²) >= 11 is 0. The van der Waals surface area contributed by atoms with Crippen LogP contribution in [-0.4, -0.2) is 29.2 Å². The Bertz CT molecular complexity index is 970. The van der Waals surface area contributed by atoms with Crippen molar-refractivity contribution in [3.63, 3.8) is 0 Å². The van der Waals surface area contributed by atoms with E-state index in [4.69, 9.17) is 4.42 Å². The number of nitrogens with zero attached hydrogens (tertiary/aromatic N) is 3. The molecule has 2 aromatic carbocycles. The zero-order valence-corrected chi connectivity index (χ0v) is 16.8. The molecule has 1 amide bonds. The normalized spacial score (nSPS) is 15.0. The van der Waals surface area contributed by atoms with Crippen LogP contribution in [0.15, 0.2) is 59.0 Å². The number of nitrogens with one attached hydrogen (secondary N) is 1. The molecule has 1 N–H and O–H groups in total. The first-order chi connectivity index (χ1) is 14.7. The molecule has 0 unspecified atom stereocenters.